The summed E-state index contributed by atoms with van der Waals surface area (Å²) in [6, 6.07) is 57.1. The van der Waals surface area contributed by atoms with E-state index in [9.17, 15) is 0 Å². The molecule has 0 N–H and O–H groups in total. The molecule has 10 rings (SSSR count). The lowest BCUT2D eigenvalue weighted by molar-refractivity contribution is 0.955. The minimum absolute atomic E-state index is 0.584. The molecular formula is C43H27N5. The van der Waals surface area contributed by atoms with Gasteiger partial charge in [0.2, 0.25) is 5.95 Å². The van der Waals surface area contributed by atoms with Gasteiger partial charge in [-0.25, -0.2) is 4.98 Å². The highest BCUT2D eigenvalue weighted by Gasteiger charge is 2.25. The lowest BCUT2D eigenvalue weighted by Crippen LogP contribution is -2.06. The van der Waals surface area contributed by atoms with E-state index in [-0.39, 0.29) is 0 Å². The van der Waals surface area contributed by atoms with E-state index in [0.717, 1.165) is 38.6 Å². The van der Waals surface area contributed by atoms with Crippen molar-refractivity contribution in [2.75, 3.05) is 0 Å². The molecule has 7 aromatic carbocycles. The van der Waals surface area contributed by atoms with Gasteiger partial charge in [-0.1, -0.05) is 140 Å². The fourth-order valence-corrected chi connectivity index (χ4v) is 7.34. The predicted molar refractivity (Wildman–Crippen MR) is 197 cm³/mol. The maximum Gasteiger partial charge on any atom is 0.238 e. The van der Waals surface area contributed by atoms with Gasteiger partial charge in [-0.05, 0) is 29.7 Å². The first-order chi connectivity index (χ1) is 23.8. The zero-order valence-corrected chi connectivity index (χ0v) is 25.8. The summed E-state index contributed by atoms with van der Waals surface area (Å²) in [5.74, 6) is 1.85. The third kappa shape index (κ3) is 3.88. The third-order valence-corrected chi connectivity index (χ3v) is 9.34. The van der Waals surface area contributed by atoms with E-state index in [4.69, 9.17) is 15.0 Å². The molecule has 0 saturated heterocycles. The van der Waals surface area contributed by atoms with Crippen LogP contribution in [0.1, 0.15) is 0 Å². The van der Waals surface area contributed by atoms with Crippen molar-refractivity contribution in [3.63, 3.8) is 0 Å². The summed E-state index contributed by atoms with van der Waals surface area (Å²) < 4.78 is 4.68. The van der Waals surface area contributed by atoms with Crippen LogP contribution in [0.2, 0.25) is 0 Å². The van der Waals surface area contributed by atoms with Gasteiger partial charge >= 0.3 is 0 Å². The van der Waals surface area contributed by atoms with Gasteiger partial charge in [0.05, 0.1) is 22.1 Å². The highest BCUT2D eigenvalue weighted by Crippen LogP contribution is 2.46. The average Bonchev–Trinajstić information content (AvgIpc) is 3.70. The Morgan fingerprint density at radius 3 is 1.40 bits per heavy atom. The van der Waals surface area contributed by atoms with Crippen molar-refractivity contribution in [3.8, 4) is 34.4 Å². The van der Waals surface area contributed by atoms with Gasteiger partial charge in [0.15, 0.2) is 11.6 Å². The number of aromatic nitrogens is 5. The SMILES string of the molecule is c1ccc(-c2nc(-c3ccccc3)nc(-n3c4ccccc4c4c3c3ccccc3c3c5ccccc5n(-c5ccccc5)c34)n2)cc1. The maximum atomic E-state index is 5.22. The molecule has 0 bridgehead atoms. The van der Waals surface area contributed by atoms with Crippen molar-refractivity contribution in [3.05, 3.63) is 164 Å². The first kappa shape index (κ1) is 26.6. The minimum atomic E-state index is 0.584. The normalized spacial score (nSPS) is 11.8. The fourth-order valence-electron chi connectivity index (χ4n) is 7.34. The van der Waals surface area contributed by atoms with Crippen LogP contribution >= 0.6 is 0 Å². The molecular weight excluding hydrogens is 587 g/mol. The van der Waals surface area contributed by atoms with E-state index < -0.39 is 0 Å². The van der Waals surface area contributed by atoms with Gasteiger partial charge in [0.1, 0.15) is 0 Å². The molecule has 224 valence electrons. The number of benzene rings is 7. The van der Waals surface area contributed by atoms with Crippen LogP contribution in [0.15, 0.2) is 164 Å². The highest BCUT2D eigenvalue weighted by molar-refractivity contribution is 6.36. The Balaban J connectivity index is 1.44. The molecule has 0 saturated carbocycles. The lowest BCUT2D eigenvalue weighted by atomic mass is 9.99. The van der Waals surface area contributed by atoms with Gasteiger partial charge in [-0.15, -0.1) is 0 Å². The van der Waals surface area contributed by atoms with Crippen LogP contribution in [0, 0.1) is 0 Å². The first-order valence-corrected chi connectivity index (χ1v) is 16.1. The zero-order chi connectivity index (χ0) is 31.6. The van der Waals surface area contributed by atoms with E-state index in [1.807, 2.05) is 36.4 Å². The molecule has 48 heavy (non-hydrogen) atoms. The first-order valence-electron chi connectivity index (χ1n) is 16.1. The number of hydrogen-bond acceptors (Lipinski definition) is 3. The molecule has 0 aliphatic heterocycles. The summed E-state index contributed by atoms with van der Waals surface area (Å²) in [5, 5.41) is 7.12. The number of nitrogens with zero attached hydrogens (tertiary/aromatic N) is 5. The van der Waals surface area contributed by atoms with Gasteiger partial charge in [-0.2, -0.15) is 9.97 Å². The standard InChI is InChI=1S/C43H27N5/c1-4-16-28(17-5-1)41-44-42(29-18-6-2-7-19-29)46-43(45-41)48-36-27-15-13-25-34(36)38-39(48)32-23-11-10-22-31(32)37-33-24-12-14-26-35(33)47(40(37)38)30-20-8-3-9-21-30/h1-27H. The molecule has 5 heteroatoms. The van der Waals surface area contributed by atoms with Crippen LogP contribution in [0.25, 0.3) is 88.8 Å². The zero-order valence-electron chi connectivity index (χ0n) is 25.8. The van der Waals surface area contributed by atoms with E-state index >= 15 is 0 Å². The number of rotatable bonds is 4. The third-order valence-electron chi connectivity index (χ3n) is 9.34. The van der Waals surface area contributed by atoms with Gasteiger partial charge in [-0.3, -0.25) is 4.57 Å². The maximum absolute atomic E-state index is 5.22. The van der Waals surface area contributed by atoms with Crippen LogP contribution in [0.3, 0.4) is 0 Å². The Hall–Kier alpha value is -6.59. The summed E-state index contributed by atoms with van der Waals surface area (Å²) in [4.78, 5) is 15.4. The van der Waals surface area contributed by atoms with Gasteiger partial charge < -0.3 is 4.57 Å². The van der Waals surface area contributed by atoms with Gasteiger partial charge in [0.25, 0.3) is 0 Å². The quantitative estimate of drug-likeness (QED) is 0.198. The molecule has 3 heterocycles. The van der Waals surface area contributed by atoms with Crippen molar-refractivity contribution in [1.29, 1.82) is 0 Å². The second-order valence-electron chi connectivity index (χ2n) is 12.0. The largest absolute Gasteiger partial charge is 0.309 e. The Morgan fingerprint density at radius 1 is 0.333 bits per heavy atom. The van der Waals surface area contributed by atoms with Crippen LogP contribution in [-0.2, 0) is 0 Å². The predicted octanol–water partition coefficient (Wildman–Crippen LogP) is 10.6. The smallest absolute Gasteiger partial charge is 0.238 e. The van der Waals surface area contributed by atoms with E-state index in [1.54, 1.807) is 0 Å². The van der Waals surface area contributed by atoms with E-state index in [0.29, 0.717) is 17.6 Å². The van der Waals surface area contributed by atoms with Crippen LogP contribution in [0.5, 0.6) is 0 Å². The fraction of sp³-hybridized carbons (Fsp3) is 0. The molecule has 3 aromatic heterocycles. The molecule has 0 fully saturated rings. The second kappa shape index (κ2) is 10.5. The summed E-state index contributed by atoms with van der Waals surface area (Å²) in [7, 11) is 0. The van der Waals surface area contributed by atoms with Gasteiger partial charge in [0, 0.05) is 43.7 Å². The molecule has 0 radical (unpaired) electrons. The van der Waals surface area contributed by atoms with Crippen molar-refractivity contribution < 1.29 is 0 Å². The van der Waals surface area contributed by atoms with Crippen LogP contribution in [-0.4, -0.2) is 24.1 Å². The topological polar surface area (TPSA) is 48.5 Å². The summed E-state index contributed by atoms with van der Waals surface area (Å²) >= 11 is 0. The van der Waals surface area contributed by atoms with Crippen LogP contribution in [0.4, 0.5) is 0 Å². The highest BCUT2D eigenvalue weighted by atomic mass is 15.2. The molecule has 10 aromatic rings. The molecule has 0 atom stereocenters. The molecule has 0 unspecified atom stereocenters. The average molecular weight is 614 g/mol. The molecule has 0 spiro atoms. The van der Waals surface area contributed by atoms with Crippen molar-refractivity contribution in [1.82, 2.24) is 24.1 Å². The summed E-state index contributed by atoms with van der Waals surface area (Å²) in [6.07, 6.45) is 0. The Labute approximate surface area is 276 Å². The lowest BCUT2D eigenvalue weighted by Gasteiger charge is -2.13. The molecule has 0 aliphatic carbocycles. The number of hydrogen-bond donors (Lipinski definition) is 0. The number of fused-ring (bicyclic) bond motifs is 10. The van der Waals surface area contributed by atoms with Crippen molar-refractivity contribution in [2.45, 2.75) is 0 Å². The monoisotopic (exact) mass is 613 g/mol. The number of para-hydroxylation sites is 3. The second-order valence-corrected chi connectivity index (χ2v) is 12.0. The van der Waals surface area contributed by atoms with Crippen LogP contribution < -0.4 is 0 Å². The molecule has 5 nitrogen and oxygen atoms in total. The van der Waals surface area contributed by atoms with E-state index in [1.165, 1.54) is 32.6 Å². The molecule has 0 amide bonds. The minimum Gasteiger partial charge on any atom is -0.309 e. The Bertz CT molecular complexity index is 2760. The van der Waals surface area contributed by atoms with Crippen molar-refractivity contribution in [2.24, 2.45) is 0 Å². The summed E-state index contributed by atoms with van der Waals surface area (Å²) in [6.45, 7) is 0. The Kier molecular flexibility index (Phi) is 5.81. The van der Waals surface area contributed by atoms with Crippen molar-refractivity contribution >= 4 is 54.4 Å². The van der Waals surface area contributed by atoms with E-state index in [2.05, 4.69) is 137 Å². The summed E-state index contributed by atoms with van der Waals surface area (Å²) in [5.41, 5.74) is 7.46. The Morgan fingerprint density at radius 2 is 0.792 bits per heavy atom. The molecule has 0 aliphatic rings.